The molecule has 4 aliphatic heterocycles. The number of benzene rings is 4. The Morgan fingerprint density at radius 1 is 0.568 bits per heavy atom. The summed E-state index contributed by atoms with van der Waals surface area (Å²) < 4.78 is 26.5. The van der Waals surface area contributed by atoms with E-state index in [1.54, 1.807) is 12.4 Å². The summed E-state index contributed by atoms with van der Waals surface area (Å²) in [6, 6.07) is 31.8. The van der Waals surface area contributed by atoms with Gasteiger partial charge in [0.1, 0.15) is 0 Å². The van der Waals surface area contributed by atoms with Crippen molar-refractivity contribution in [1.29, 1.82) is 0 Å². The number of likely N-dealkylation sites (tertiary alicyclic amines) is 4. The van der Waals surface area contributed by atoms with Crippen LogP contribution in [0.5, 0.6) is 0 Å². The first-order chi connectivity index (χ1) is 35.7. The van der Waals surface area contributed by atoms with Crippen LogP contribution in [-0.2, 0) is 22.9 Å². The van der Waals surface area contributed by atoms with Crippen LogP contribution in [-0.4, -0.2) is 134 Å². The maximum absolute atomic E-state index is 13.2. The summed E-state index contributed by atoms with van der Waals surface area (Å²) in [6.07, 6.45) is 12.5. The van der Waals surface area contributed by atoms with Crippen LogP contribution in [0.1, 0.15) is 70.4 Å². The van der Waals surface area contributed by atoms with Gasteiger partial charge in [-0.15, -0.1) is 0 Å². The lowest BCUT2D eigenvalue weighted by Gasteiger charge is -2.45. The average molecular weight is 1100 g/mol. The van der Waals surface area contributed by atoms with Crippen molar-refractivity contribution in [2.45, 2.75) is 63.5 Å². The second-order valence-electron chi connectivity index (χ2n) is 20.7. The zero-order chi connectivity index (χ0) is 51.9. The average Bonchev–Trinajstić information content (AvgIpc) is 3.42. The number of piperidine rings is 4. The number of rotatable bonds is 12. The lowest BCUT2D eigenvalue weighted by atomic mass is 9.80. The van der Waals surface area contributed by atoms with Crippen molar-refractivity contribution < 1.29 is 18.0 Å². The summed E-state index contributed by atoms with van der Waals surface area (Å²) in [7, 11) is -3.29. The van der Waals surface area contributed by atoms with E-state index in [0.717, 1.165) is 124 Å². The van der Waals surface area contributed by atoms with Crippen LogP contribution in [0.3, 0.4) is 0 Å². The number of halogens is 4. The summed E-state index contributed by atoms with van der Waals surface area (Å²) in [5.74, 6) is 1.70. The van der Waals surface area contributed by atoms with E-state index in [-0.39, 0.29) is 17.7 Å². The number of sulfonamides is 1. The maximum Gasteiger partial charge on any atom is 0.253 e. The number of amides is 2. The number of pyridine rings is 2. The van der Waals surface area contributed by atoms with Gasteiger partial charge in [0.25, 0.3) is 11.8 Å². The normalized spacial score (nSPS) is 21.6. The van der Waals surface area contributed by atoms with Crippen LogP contribution in [0.2, 0.25) is 20.1 Å². The number of aromatic nitrogens is 2. The standard InChI is InChI=1S/C29H34Cl2N4O3S.C28H32Cl2N4O/c1-39(37,38)33-18-24-19-35(12-8-21(24)15-20-4-6-26(30)27(31)16-20)25-9-13-34(14-10-25)29(36)23-5-7-28-22(17-23)3-2-11-32-28;29-25-5-3-19(15-26(25)30)14-20-7-11-34(18-23(20)17-31)24-8-12-33(13-9-24)28(35)22-4-6-27-21(16-22)2-1-10-32-27/h2-7,11,16-17,21,24-25,33H,8-10,12-15,18-19H2,1H3;1-6,10,15-16,20,23-24H,7-9,11-14,17-18,31H2/t21-,24-;20-,23-/m11/s1. The van der Waals surface area contributed by atoms with Crippen molar-refractivity contribution in [1.82, 2.24) is 34.3 Å². The molecule has 4 saturated heterocycles. The van der Waals surface area contributed by atoms with Gasteiger partial charge in [0, 0.05) is 92.2 Å². The van der Waals surface area contributed by atoms with Crippen molar-refractivity contribution >= 4 is 90.0 Å². The molecule has 74 heavy (non-hydrogen) atoms. The third-order valence-electron chi connectivity index (χ3n) is 16.0. The minimum absolute atomic E-state index is 0.0646. The highest BCUT2D eigenvalue weighted by Gasteiger charge is 2.37. The van der Waals surface area contributed by atoms with Gasteiger partial charge in [0.05, 0.1) is 37.4 Å². The van der Waals surface area contributed by atoms with Gasteiger partial charge in [0.2, 0.25) is 10.0 Å². The molecule has 392 valence electrons. The number of nitrogens with two attached hydrogens (primary N) is 1. The SMILES string of the molecule is CS(=O)(=O)NC[C@@H]1CN(C2CCN(C(=O)c3ccc4ncccc4c3)CC2)CC[C@@H]1Cc1ccc(Cl)c(Cl)c1.NC[C@@H]1CN(C2CCN(C(=O)c3ccc4ncccc4c3)CC2)CC[C@@H]1Cc1ccc(Cl)c(Cl)c1. The largest absolute Gasteiger partial charge is 0.339 e. The van der Waals surface area contributed by atoms with Crippen molar-refractivity contribution in [3.63, 3.8) is 0 Å². The fourth-order valence-electron chi connectivity index (χ4n) is 11.8. The molecule has 6 heterocycles. The lowest BCUT2D eigenvalue weighted by molar-refractivity contribution is 0.0411. The highest BCUT2D eigenvalue weighted by atomic mass is 35.5. The fraction of sp³-hybridized carbons (Fsp3) is 0.439. The fourth-order valence-corrected chi connectivity index (χ4v) is 12.9. The maximum atomic E-state index is 13.2. The van der Waals surface area contributed by atoms with E-state index in [4.69, 9.17) is 52.1 Å². The zero-order valence-electron chi connectivity index (χ0n) is 41.9. The van der Waals surface area contributed by atoms with Gasteiger partial charge in [-0.05, 0) is 179 Å². The molecule has 6 aromatic rings. The first-order valence-corrected chi connectivity index (χ1v) is 29.4. The van der Waals surface area contributed by atoms with E-state index in [0.29, 0.717) is 81.7 Å². The van der Waals surface area contributed by atoms with E-state index in [1.807, 2.05) is 101 Å². The Labute approximate surface area is 455 Å². The molecule has 12 nitrogen and oxygen atoms in total. The molecular formula is C57H66Cl4N8O4S. The third-order valence-corrected chi connectivity index (χ3v) is 18.1. The zero-order valence-corrected chi connectivity index (χ0v) is 45.7. The Morgan fingerprint density at radius 2 is 1.01 bits per heavy atom. The van der Waals surface area contributed by atoms with Crippen LogP contribution in [0.25, 0.3) is 21.8 Å². The molecule has 3 N–H and O–H groups in total. The molecule has 4 aromatic carbocycles. The highest BCUT2D eigenvalue weighted by molar-refractivity contribution is 7.88. The number of carbonyl (C=O) groups is 2. The number of nitrogens with one attached hydrogen (secondary N) is 1. The van der Waals surface area contributed by atoms with Crippen LogP contribution >= 0.6 is 46.4 Å². The van der Waals surface area contributed by atoms with Gasteiger partial charge in [-0.25, -0.2) is 13.1 Å². The molecule has 0 aliphatic carbocycles. The number of hydrogen-bond acceptors (Lipinski definition) is 9. The predicted octanol–water partition coefficient (Wildman–Crippen LogP) is 10.2. The van der Waals surface area contributed by atoms with E-state index in [1.165, 1.54) is 11.8 Å². The molecule has 0 spiro atoms. The van der Waals surface area contributed by atoms with Gasteiger partial charge < -0.3 is 15.5 Å². The summed E-state index contributed by atoms with van der Waals surface area (Å²) in [5.41, 5.74) is 11.8. The van der Waals surface area contributed by atoms with Crippen LogP contribution in [0.15, 0.2) is 109 Å². The van der Waals surface area contributed by atoms with Gasteiger partial charge in [-0.2, -0.15) is 0 Å². The van der Waals surface area contributed by atoms with E-state index >= 15 is 0 Å². The van der Waals surface area contributed by atoms with Crippen LogP contribution in [0.4, 0.5) is 0 Å². The Hall–Kier alpha value is -4.41. The molecule has 4 atom stereocenters. The molecule has 0 saturated carbocycles. The summed E-state index contributed by atoms with van der Waals surface area (Å²) in [4.78, 5) is 44.1. The lowest BCUT2D eigenvalue weighted by Crippen LogP contribution is -2.53. The molecule has 4 fully saturated rings. The first kappa shape index (κ1) is 54.4. The second-order valence-corrected chi connectivity index (χ2v) is 24.2. The predicted molar refractivity (Wildman–Crippen MR) is 300 cm³/mol. The molecular weight excluding hydrogens is 1030 g/mol. The Balaban J connectivity index is 0.000000183. The van der Waals surface area contributed by atoms with Crippen LogP contribution < -0.4 is 10.5 Å². The first-order valence-electron chi connectivity index (χ1n) is 26.0. The second kappa shape index (κ2) is 24.7. The molecule has 2 aromatic heterocycles. The Kier molecular flexibility index (Phi) is 18.2. The van der Waals surface area contributed by atoms with E-state index in [2.05, 4.69) is 30.6 Å². The Bertz CT molecular complexity index is 3040. The molecule has 2 amide bonds. The number of nitrogens with zero attached hydrogens (tertiary/aromatic N) is 6. The van der Waals surface area contributed by atoms with Gasteiger partial charge >= 0.3 is 0 Å². The summed E-state index contributed by atoms with van der Waals surface area (Å²) in [5, 5.41) is 4.27. The molecule has 0 bridgehead atoms. The topological polar surface area (TPSA) is 145 Å². The van der Waals surface area contributed by atoms with E-state index in [9.17, 15) is 18.0 Å². The summed E-state index contributed by atoms with van der Waals surface area (Å²) in [6.45, 7) is 8.01. The van der Waals surface area contributed by atoms with Gasteiger partial charge in [-0.3, -0.25) is 29.4 Å². The number of fused-ring (bicyclic) bond motifs is 2. The van der Waals surface area contributed by atoms with Gasteiger partial charge in [0.15, 0.2) is 0 Å². The molecule has 4 aliphatic rings. The molecule has 0 radical (unpaired) electrons. The Morgan fingerprint density at radius 3 is 1.45 bits per heavy atom. The molecule has 0 unspecified atom stereocenters. The molecule has 17 heteroatoms. The monoisotopic (exact) mass is 1100 g/mol. The van der Waals surface area contributed by atoms with Crippen molar-refractivity contribution in [3.05, 3.63) is 152 Å². The van der Waals surface area contributed by atoms with Crippen LogP contribution in [0, 0.1) is 23.7 Å². The highest BCUT2D eigenvalue weighted by Crippen LogP contribution is 2.35. The minimum Gasteiger partial charge on any atom is -0.339 e. The molecule has 10 rings (SSSR count). The van der Waals surface area contributed by atoms with Crippen molar-refractivity contribution in [3.8, 4) is 0 Å². The van der Waals surface area contributed by atoms with Crippen molar-refractivity contribution in [2.75, 3.05) is 71.7 Å². The quantitative estimate of drug-likeness (QED) is 0.122. The van der Waals surface area contributed by atoms with Gasteiger partial charge in [-0.1, -0.05) is 70.7 Å². The number of hydrogen-bond donors (Lipinski definition) is 2. The smallest absolute Gasteiger partial charge is 0.253 e. The minimum atomic E-state index is -3.29. The summed E-state index contributed by atoms with van der Waals surface area (Å²) >= 11 is 24.7. The van der Waals surface area contributed by atoms with Crippen molar-refractivity contribution in [2.24, 2.45) is 29.4 Å². The number of carbonyl (C=O) groups excluding carboxylic acids is 2. The third kappa shape index (κ3) is 13.8. The van der Waals surface area contributed by atoms with E-state index < -0.39 is 10.0 Å².